The van der Waals surface area contributed by atoms with Gasteiger partial charge in [-0.2, -0.15) is 0 Å². The van der Waals surface area contributed by atoms with Gasteiger partial charge >= 0.3 is 0 Å². The molecule has 0 saturated heterocycles. The lowest BCUT2D eigenvalue weighted by molar-refractivity contribution is 0.415. The molecule has 0 heterocycles. The summed E-state index contributed by atoms with van der Waals surface area (Å²) in [4.78, 5) is 3.85. The van der Waals surface area contributed by atoms with Crippen LogP contribution in [0.15, 0.2) is 221 Å². The van der Waals surface area contributed by atoms with Crippen LogP contribution in [0.25, 0.3) is 33.0 Å². The average molecular weight is 978 g/mol. The molecule has 9 rings (SSSR count). The van der Waals surface area contributed by atoms with Gasteiger partial charge in [-0.25, -0.2) is 4.39 Å². The van der Waals surface area contributed by atoms with E-state index in [1.54, 1.807) is 24.1 Å². The number of methoxy groups -OCH3 is 1. The number of fused-ring (bicyclic) bond motifs is 1. The summed E-state index contributed by atoms with van der Waals surface area (Å²) in [5.74, 6) is 0.535. The van der Waals surface area contributed by atoms with Crippen molar-refractivity contribution < 1.29 is 18.7 Å². The van der Waals surface area contributed by atoms with Crippen LogP contribution in [0.1, 0.15) is 9.60 Å². The van der Waals surface area contributed by atoms with Crippen molar-refractivity contribution in [3.05, 3.63) is 227 Å². The smallest absolute Gasteiger partial charge is 0.123 e. The molecule has 0 atom stereocenters. The predicted octanol–water partition coefficient (Wildman–Crippen LogP) is 17.0. The van der Waals surface area contributed by atoms with E-state index in [-0.39, 0.29) is 46.4 Å². The summed E-state index contributed by atoms with van der Waals surface area (Å²) in [6.07, 6.45) is 0. The van der Waals surface area contributed by atoms with E-state index < -0.39 is 26.2 Å². The number of hydrogen-bond donors (Lipinski definition) is 0. The molecule has 0 aliphatic heterocycles. The monoisotopic (exact) mass is 975 g/mol. The minimum Gasteiger partial charge on any atom is -0.497 e. The van der Waals surface area contributed by atoms with Crippen molar-refractivity contribution in [3.63, 3.8) is 0 Å². The molecule has 0 spiro atoms. The van der Waals surface area contributed by atoms with Crippen molar-refractivity contribution in [3.8, 4) is 28.0 Å². The van der Waals surface area contributed by atoms with Crippen LogP contribution in [-0.4, -0.2) is 15.2 Å². The Balaban J connectivity index is 0.000000200. The second-order valence-corrected chi connectivity index (χ2v) is 22.6. The van der Waals surface area contributed by atoms with Gasteiger partial charge in [-0.1, -0.05) is 154 Å². The second-order valence-electron chi connectivity index (χ2n) is 15.7. The maximum absolute atomic E-state index is 13.5. The molecule has 0 aliphatic carbocycles. The van der Waals surface area contributed by atoms with Crippen LogP contribution in [0.3, 0.4) is 0 Å². The standard InChI is InChI=1S/C31H28BrNSi.C25H19BrFNO/c1-34(2,3)29-21-19-28(20-22-29)33(31-10-6-8-25-7-4-5-9-30(25)31)27-17-13-24(14-18-27)23-11-15-26(32)16-12-23;1-29-25-16-14-24(15-17-25)28(23-12-8-21(27)9-13-23)22-10-4-19(5-11-22)18-2-6-20(26)7-3-18/h4-22H,1-3H3;2-17H,1H3/i4D,5D,6D,7D,8D,9D,10D;. The minimum atomic E-state index is -1.61. The third-order valence-corrected chi connectivity index (χ3v) is 13.7. The van der Waals surface area contributed by atoms with Gasteiger partial charge in [0.1, 0.15) is 11.6 Å². The molecule has 9 aromatic carbocycles. The van der Waals surface area contributed by atoms with Crippen LogP contribution in [-0.2, 0) is 0 Å². The number of halogens is 3. The predicted molar refractivity (Wildman–Crippen MR) is 276 cm³/mol. The first-order valence-electron chi connectivity index (χ1n) is 23.8. The fourth-order valence-corrected chi connectivity index (χ4v) is 8.84. The molecule has 9 aromatic rings. The molecular formula is C56H47Br2FN2OSi. The van der Waals surface area contributed by atoms with Gasteiger partial charge in [-0.05, 0) is 143 Å². The lowest BCUT2D eigenvalue weighted by Crippen LogP contribution is -2.37. The Labute approximate surface area is 398 Å². The van der Waals surface area contributed by atoms with Crippen molar-refractivity contribution in [2.75, 3.05) is 16.9 Å². The Kier molecular flexibility index (Phi) is 10.9. The summed E-state index contributed by atoms with van der Waals surface area (Å²) >= 11 is 6.94. The van der Waals surface area contributed by atoms with E-state index in [9.17, 15) is 4.39 Å². The van der Waals surface area contributed by atoms with Crippen LogP contribution in [0.2, 0.25) is 19.6 Å². The molecule has 312 valence electrons. The zero-order valence-corrected chi connectivity index (χ0v) is 39.3. The van der Waals surface area contributed by atoms with Gasteiger partial charge in [0.15, 0.2) is 0 Å². The van der Waals surface area contributed by atoms with E-state index in [0.29, 0.717) is 11.4 Å². The summed E-state index contributed by atoms with van der Waals surface area (Å²) < 4.78 is 80.8. The minimum absolute atomic E-state index is 0.0493. The van der Waals surface area contributed by atoms with E-state index in [1.807, 2.05) is 97.1 Å². The zero-order chi connectivity index (χ0) is 50.0. The molecule has 0 amide bonds. The molecule has 63 heavy (non-hydrogen) atoms. The van der Waals surface area contributed by atoms with Crippen molar-refractivity contribution in [1.82, 2.24) is 0 Å². The van der Waals surface area contributed by atoms with Crippen molar-refractivity contribution in [2.45, 2.75) is 19.6 Å². The molecule has 0 unspecified atom stereocenters. The number of nitrogens with zero attached hydrogens (tertiary/aromatic N) is 2. The highest BCUT2D eigenvalue weighted by Crippen LogP contribution is 2.40. The number of benzene rings is 9. The highest BCUT2D eigenvalue weighted by Gasteiger charge is 2.19. The van der Waals surface area contributed by atoms with Gasteiger partial charge in [0.25, 0.3) is 0 Å². The quantitative estimate of drug-likeness (QED) is 0.127. The second kappa shape index (κ2) is 19.4. The van der Waals surface area contributed by atoms with Crippen LogP contribution < -0.4 is 19.7 Å². The van der Waals surface area contributed by atoms with Gasteiger partial charge in [0.2, 0.25) is 0 Å². The molecule has 0 fully saturated rings. The molecule has 0 radical (unpaired) electrons. The molecule has 0 N–H and O–H groups in total. The van der Waals surface area contributed by atoms with Gasteiger partial charge in [0, 0.05) is 42.8 Å². The number of rotatable bonds is 10. The average Bonchev–Trinajstić information content (AvgIpc) is 3.37. The van der Waals surface area contributed by atoms with Gasteiger partial charge in [0.05, 0.1) is 30.5 Å². The van der Waals surface area contributed by atoms with Crippen molar-refractivity contribution >= 4 is 90.0 Å². The number of ether oxygens (including phenoxy) is 1. The first-order chi connectivity index (χ1) is 33.4. The molecule has 7 heteroatoms. The Morgan fingerprint density at radius 1 is 0.460 bits per heavy atom. The summed E-state index contributed by atoms with van der Waals surface area (Å²) in [6.45, 7) is 6.77. The van der Waals surface area contributed by atoms with E-state index in [4.69, 9.17) is 14.3 Å². The van der Waals surface area contributed by atoms with Crippen molar-refractivity contribution in [1.29, 1.82) is 0 Å². The summed E-state index contributed by atoms with van der Waals surface area (Å²) in [7, 11) is 0.0325. The Bertz CT molecular complexity index is 3300. The van der Waals surface area contributed by atoms with Crippen LogP contribution in [0.5, 0.6) is 5.75 Å². The topological polar surface area (TPSA) is 15.7 Å². The first-order valence-corrected chi connectivity index (χ1v) is 25.4. The van der Waals surface area contributed by atoms with E-state index >= 15 is 0 Å². The van der Waals surface area contributed by atoms with Gasteiger partial charge < -0.3 is 14.5 Å². The van der Waals surface area contributed by atoms with Gasteiger partial charge in [-0.3, -0.25) is 0 Å². The van der Waals surface area contributed by atoms with Crippen LogP contribution in [0.4, 0.5) is 38.5 Å². The molecule has 0 aromatic heterocycles. The third-order valence-electron chi connectivity index (χ3n) is 10.5. The molecule has 3 nitrogen and oxygen atoms in total. The summed E-state index contributed by atoms with van der Waals surface area (Å²) in [5, 5.41) is 1.22. The maximum Gasteiger partial charge on any atom is 0.123 e. The molecule has 0 bridgehead atoms. The number of anilines is 6. The molecule has 0 aliphatic rings. The molecule has 0 saturated carbocycles. The maximum atomic E-state index is 13.5. The Morgan fingerprint density at radius 2 is 0.841 bits per heavy atom. The highest BCUT2D eigenvalue weighted by molar-refractivity contribution is 9.10. The molecular weight excluding hydrogens is 924 g/mol. The van der Waals surface area contributed by atoms with Gasteiger partial charge in [-0.15, -0.1) is 0 Å². The Morgan fingerprint density at radius 3 is 1.30 bits per heavy atom. The lowest BCUT2D eigenvalue weighted by atomic mass is 10.0. The largest absolute Gasteiger partial charge is 0.497 e. The third kappa shape index (κ3) is 10.3. The summed E-state index contributed by atoms with van der Waals surface area (Å²) in [6, 6.07) is 51.9. The SMILES string of the molecule is COc1ccc(N(c2ccc(F)cc2)c2ccc(-c3ccc(Br)cc3)cc2)cc1.[2H]c1c([2H])c([2H])c2c(N(c3ccc(-c4ccc(Br)cc4)cc3)c3ccc([Si](C)(C)C)cc3)c([2H])c([2H])c([2H])c2c1[2H]. The van der Waals surface area contributed by atoms with Crippen molar-refractivity contribution in [2.24, 2.45) is 0 Å². The van der Waals surface area contributed by atoms with E-state index in [1.165, 1.54) is 17.3 Å². The Hall–Kier alpha value is -6.25. The van der Waals surface area contributed by atoms with E-state index in [2.05, 4.69) is 105 Å². The lowest BCUT2D eigenvalue weighted by Gasteiger charge is -2.28. The van der Waals surface area contributed by atoms with E-state index in [0.717, 1.165) is 54.0 Å². The van der Waals surface area contributed by atoms with Crippen LogP contribution in [0, 0.1) is 5.82 Å². The summed E-state index contributed by atoms with van der Waals surface area (Å²) in [5.41, 5.74) is 8.62. The fourth-order valence-electron chi connectivity index (χ4n) is 7.14. The zero-order valence-electron chi connectivity index (χ0n) is 42.1. The number of hydrogen-bond acceptors (Lipinski definition) is 3. The first kappa shape index (κ1) is 35.2. The highest BCUT2D eigenvalue weighted by atomic mass is 79.9. The fraction of sp³-hybridized carbons (Fsp3) is 0.0714. The van der Waals surface area contributed by atoms with Crippen LogP contribution >= 0.6 is 31.9 Å². The normalized spacial score (nSPS) is 12.7.